The second-order valence-electron chi connectivity index (χ2n) is 6.65. The Morgan fingerprint density at radius 1 is 1.19 bits per heavy atom. The van der Waals surface area contributed by atoms with Crippen molar-refractivity contribution in [3.8, 4) is 11.5 Å². The number of nitrogens with zero attached hydrogens (tertiary/aromatic N) is 2. The zero-order valence-corrected chi connectivity index (χ0v) is 15.5. The summed E-state index contributed by atoms with van der Waals surface area (Å²) in [6.45, 7) is 4.38. The largest absolute Gasteiger partial charge is 0.497 e. The Morgan fingerprint density at radius 2 is 1.92 bits per heavy atom. The molecule has 0 radical (unpaired) electrons. The van der Waals surface area contributed by atoms with Crippen LogP contribution in [-0.2, 0) is 0 Å². The average molecular weight is 355 g/mol. The summed E-state index contributed by atoms with van der Waals surface area (Å²) in [5.74, 6) is 2.10. The van der Waals surface area contributed by atoms with E-state index >= 15 is 0 Å². The maximum Gasteiger partial charge on any atom is 0.257 e. The molecule has 0 spiro atoms. The van der Waals surface area contributed by atoms with Crippen LogP contribution < -0.4 is 19.7 Å². The van der Waals surface area contributed by atoms with Crippen LogP contribution in [0.25, 0.3) is 0 Å². The summed E-state index contributed by atoms with van der Waals surface area (Å²) in [5, 5.41) is 2.82. The minimum atomic E-state index is -0.256. The normalized spacial score (nSPS) is 16.9. The molecular weight excluding hydrogens is 330 g/mol. The van der Waals surface area contributed by atoms with Gasteiger partial charge in [0.05, 0.1) is 26.1 Å². The number of methoxy groups -OCH3 is 2. The molecular formula is C20H25N3O3. The van der Waals surface area contributed by atoms with Gasteiger partial charge in [0.25, 0.3) is 5.91 Å². The van der Waals surface area contributed by atoms with E-state index in [1.807, 2.05) is 18.3 Å². The molecule has 26 heavy (non-hydrogen) atoms. The zero-order valence-electron chi connectivity index (χ0n) is 15.5. The highest BCUT2D eigenvalue weighted by atomic mass is 16.5. The maximum atomic E-state index is 12.5. The lowest BCUT2D eigenvalue weighted by Gasteiger charge is -2.32. The molecule has 1 N–H and O–H groups in total. The molecule has 138 valence electrons. The molecule has 6 heteroatoms. The number of carbonyl (C=O) groups is 1. The molecule has 1 unspecified atom stereocenters. The van der Waals surface area contributed by atoms with Crippen molar-refractivity contribution in [1.29, 1.82) is 0 Å². The van der Waals surface area contributed by atoms with Gasteiger partial charge in [-0.05, 0) is 43.0 Å². The lowest BCUT2D eigenvalue weighted by molar-refractivity contribution is 0.102. The number of amides is 1. The Bertz CT molecular complexity index is 739. The fourth-order valence-corrected chi connectivity index (χ4v) is 3.20. The molecule has 1 aliphatic rings. The van der Waals surface area contributed by atoms with E-state index in [2.05, 4.69) is 22.1 Å². The van der Waals surface area contributed by atoms with Crippen LogP contribution in [0.5, 0.6) is 11.5 Å². The van der Waals surface area contributed by atoms with E-state index in [1.54, 1.807) is 32.4 Å². The number of hydrogen-bond acceptors (Lipinski definition) is 5. The van der Waals surface area contributed by atoms with Gasteiger partial charge in [-0.3, -0.25) is 4.79 Å². The minimum Gasteiger partial charge on any atom is -0.497 e. The number of hydrogen-bond donors (Lipinski definition) is 1. The first-order valence-corrected chi connectivity index (χ1v) is 8.84. The number of piperidine rings is 1. The van der Waals surface area contributed by atoms with Crippen molar-refractivity contribution in [3.05, 3.63) is 42.1 Å². The molecule has 2 aromatic rings. The highest BCUT2D eigenvalue weighted by Crippen LogP contribution is 2.25. The van der Waals surface area contributed by atoms with E-state index in [1.165, 1.54) is 12.8 Å². The first-order chi connectivity index (χ1) is 12.6. The van der Waals surface area contributed by atoms with Gasteiger partial charge >= 0.3 is 0 Å². The van der Waals surface area contributed by atoms with Gasteiger partial charge in [-0.15, -0.1) is 0 Å². The summed E-state index contributed by atoms with van der Waals surface area (Å²) in [7, 11) is 3.11. The molecule has 0 bridgehead atoms. The molecule has 1 aromatic carbocycles. The van der Waals surface area contributed by atoms with E-state index in [9.17, 15) is 4.79 Å². The molecule has 6 nitrogen and oxygen atoms in total. The fraction of sp³-hybridized carbons (Fsp3) is 0.400. The van der Waals surface area contributed by atoms with Gasteiger partial charge in [-0.1, -0.05) is 6.92 Å². The average Bonchev–Trinajstić information content (AvgIpc) is 2.68. The van der Waals surface area contributed by atoms with Gasteiger partial charge in [-0.2, -0.15) is 0 Å². The van der Waals surface area contributed by atoms with E-state index in [-0.39, 0.29) is 5.91 Å². The highest BCUT2D eigenvalue weighted by molar-refractivity contribution is 6.04. The third-order valence-electron chi connectivity index (χ3n) is 4.63. The second-order valence-corrected chi connectivity index (χ2v) is 6.65. The molecule has 1 atom stereocenters. The number of rotatable bonds is 5. The van der Waals surface area contributed by atoms with Crippen molar-refractivity contribution in [2.75, 3.05) is 37.5 Å². The molecule has 1 saturated heterocycles. The van der Waals surface area contributed by atoms with Crippen molar-refractivity contribution < 1.29 is 14.3 Å². The number of nitrogens with one attached hydrogen (secondary N) is 1. The van der Waals surface area contributed by atoms with Crippen LogP contribution in [-0.4, -0.2) is 38.2 Å². The zero-order chi connectivity index (χ0) is 18.5. The Kier molecular flexibility index (Phi) is 5.61. The fourth-order valence-electron chi connectivity index (χ4n) is 3.20. The van der Waals surface area contributed by atoms with Crippen molar-refractivity contribution in [1.82, 2.24) is 4.98 Å². The van der Waals surface area contributed by atoms with Crippen molar-refractivity contribution in [3.63, 3.8) is 0 Å². The third-order valence-corrected chi connectivity index (χ3v) is 4.63. The number of pyridine rings is 1. The summed E-state index contributed by atoms with van der Waals surface area (Å²) in [6.07, 6.45) is 4.30. The van der Waals surface area contributed by atoms with E-state index < -0.39 is 0 Å². The Morgan fingerprint density at radius 3 is 2.50 bits per heavy atom. The van der Waals surface area contributed by atoms with Crippen LogP contribution in [0.2, 0.25) is 0 Å². The Labute approximate surface area is 154 Å². The molecule has 1 fully saturated rings. The monoisotopic (exact) mass is 355 g/mol. The summed E-state index contributed by atoms with van der Waals surface area (Å²) in [6, 6.07) is 8.91. The van der Waals surface area contributed by atoms with Crippen molar-refractivity contribution in [2.45, 2.75) is 19.8 Å². The van der Waals surface area contributed by atoms with Crippen LogP contribution in [0, 0.1) is 5.92 Å². The minimum absolute atomic E-state index is 0.256. The predicted octanol–water partition coefficient (Wildman–Crippen LogP) is 3.59. The number of anilines is 2. The summed E-state index contributed by atoms with van der Waals surface area (Å²) < 4.78 is 10.4. The van der Waals surface area contributed by atoms with E-state index in [0.717, 1.165) is 18.8 Å². The van der Waals surface area contributed by atoms with Crippen LogP contribution in [0.15, 0.2) is 36.5 Å². The first-order valence-electron chi connectivity index (χ1n) is 8.84. The van der Waals surface area contributed by atoms with Gasteiger partial charge in [-0.25, -0.2) is 4.98 Å². The van der Waals surface area contributed by atoms with Crippen molar-refractivity contribution >= 4 is 17.4 Å². The molecule has 1 aliphatic heterocycles. The van der Waals surface area contributed by atoms with Gasteiger partial charge in [0.15, 0.2) is 0 Å². The van der Waals surface area contributed by atoms with Crippen molar-refractivity contribution in [2.24, 2.45) is 5.92 Å². The number of aromatic nitrogens is 1. The lowest BCUT2D eigenvalue weighted by atomic mass is 10.00. The standard InChI is InChI=1S/C20H25N3O3/c1-14-5-4-8-23(13-14)16-6-7-19(21-12-16)22-20(24)15-9-17(25-2)11-18(10-15)26-3/h6-7,9-12,14H,4-5,8,13H2,1-3H3,(H,21,22,24). The SMILES string of the molecule is COc1cc(OC)cc(C(=O)Nc2ccc(N3CCCC(C)C3)cn2)c1. The smallest absolute Gasteiger partial charge is 0.257 e. The Hall–Kier alpha value is -2.76. The van der Waals surface area contributed by atoms with Crippen LogP contribution in [0.4, 0.5) is 11.5 Å². The molecule has 0 aliphatic carbocycles. The quantitative estimate of drug-likeness (QED) is 0.888. The Balaban J connectivity index is 1.70. The van der Waals surface area contributed by atoms with Crippen LogP contribution >= 0.6 is 0 Å². The van der Waals surface area contributed by atoms with Gasteiger partial charge in [0, 0.05) is 24.7 Å². The second kappa shape index (κ2) is 8.08. The lowest BCUT2D eigenvalue weighted by Crippen LogP contribution is -2.34. The van der Waals surface area contributed by atoms with Crippen LogP contribution in [0.1, 0.15) is 30.1 Å². The predicted molar refractivity (Wildman–Crippen MR) is 102 cm³/mol. The molecule has 1 aromatic heterocycles. The van der Waals surface area contributed by atoms with Gasteiger partial charge in [0.1, 0.15) is 17.3 Å². The number of benzene rings is 1. The van der Waals surface area contributed by atoms with Gasteiger partial charge in [0.2, 0.25) is 0 Å². The first kappa shape index (κ1) is 18.0. The maximum absolute atomic E-state index is 12.5. The molecule has 1 amide bonds. The van der Waals surface area contributed by atoms with E-state index in [0.29, 0.717) is 28.8 Å². The molecule has 0 saturated carbocycles. The number of ether oxygens (including phenoxy) is 2. The van der Waals surface area contributed by atoms with E-state index in [4.69, 9.17) is 9.47 Å². The topological polar surface area (TPSA) is 63.7 Å². The molecule has 3 rings (SSSR count). The molecule has 2 heterocycles. The highest BCUT2D eigenvalue weighted by Gasteiger charge is 2.17. The summed E-state index contributed by atoms with van der Waals surface area (Å²) in [5.41, 5.74) is 1.55. The summed E-state index contributed by atoms with van der Waals surface area (Å²) >= 11 is 0. The van der Waals surface area contributed by atoms with Gasteiger partial charge < -0.3 is 19.7 Å². The summed E-state index contributed by atoms with van der Waals surface area (Å²) in [4.78, 5) is 19.2. The van der Waals surface area contributed by atoms with Crippen LogP contribution in [0.3, 0.4) is 0 Å². The third kappa shape index (κ3) is 4.25. The number of carbonyl (C=O) groups excluding carboxylic acids is 1.